The van der Waals surface area contributed by atoms with E-state index < -0.39 is 0 Å². The summed E-state index contributed by atoms with van der Waals surface area (Å²) in [5.74, 6) is 0. The number of hydrogen-bond acceptors (Lipinski definition) is 1. The van der Waals surface area contributed by atoms with E-state index in [0.717, 1.165) is 35.5 Å². The van der Waals surface area contributed by atoms with Crippen molar-refractivity contribution in [3.05, 3.63) is 82.2 Å². The Morgan fingerprint density at radius 3 is 2.71 bits per heavy atom. The minimum atomic E-state index is 0.998. The van der Waals surface area contributed by atoms with Gasteiger partial charge in [0.05, 0.1) is 17.1 Å². The first-order valence-electron chi connectivity index (χ1n) is 8.60. The van der Waals surface area contributed by atoms with E-state index in [-0.39, 0.29) is 0 Å². The highest BCUT2D eigenvalue weighted by Gasteiger charge is 2.17. The molecule has 0 amide bonds. The van der Waals surface area contributed by atoms with Gasteiger partial charge in [-0.3, -0.25) is 0 Å². The van der Waals surface area contributed by atoms with Gasteiger partial charge >= 0.3 is 0 Å². The lowest BCUT2D eigenvalue weighted by atomic mass is 10.0. The monoisotopic (exact) mass is 314 g/mol. The molecule has 1 aliphatic carbocycles. The normalized spacial score (nSPS) is 19.3. The highest BCUT2D eigenvalue weighted by atomic mass is 14.8. The third kappa shape index (κ3) is 2.58. The number of aliphatic imine (C=N–C) groups is 1. The molecule has 1 aromatic carbocycles. The number of nitrogens with one attached hydrogen (secondary N) is 1. The van der Waals surface area contributed by atoms with Crippen LogP contribution in [0.25, 0.3) is 10.9 Å². The van der Waals surface area contributed by atoms with Crippen molar-refractivity contribution in [3.63, 3.8) is 0 Å². The fourth-order valence-corrected chi connectivity index (χ4v) is 3.51. The Bertz CT molecular complexity index is 941. The van der Waals surface area contributed by atoms with Crippen LogP contribution < -0.4 is 0 Å². The van der Waals surface area contributed by atoms with E-state index in [2.05, 4.69) is 74.3 Å². The molecular weight excluding hydrogens is 292 g/mol. The van der Waals surface area contributed by atoms with E-state index in [1.54, 1.807) is 0 Å². The van der Waals surface area contributed by atoms with Crippen LogP contribution in [0.3, 0.4) is 0 Å². The van der Waals surface area contributed by atoms with Gasteiger partial charge in [-0.15, -0.1) is 0 Å². The second kappa shape index (κ2) is 5.79. The quantitative estimate of drug-likeness (QED) is 0.735. The number of aromatic nitrogens is 1. The molecule has 0 saturated heterocycles. The largest absolute Gasteiger partial charge is 0.353 e. The van der Waals surface area contributed by atoms with Gasteiger partial charge in [-0.2, -0.15) is 0 Å². The van der Waals surface area contributed by atoms with Crippen LogP contribution in [0.5, 0.6) is 0 Å². The summed E-state index contributed by atoms with van der Waals surface area (Å²) in [4.78, 5) is 8.41. The van der Waals surface area contributed by atoms with Crippen molar-refractivity contribution in [2.75, 3.05) is 0 Å². The van der Waals surface area contributed by atoms with Crippen molar-refractivity contribution in [2.45, 2.75) is 33.6 Å². The first-order valence-corrected chi connectivity index (χ1v) is 8.60. The molecule has 1 N–H and O–H groups in total. The summed E-state index contributed by atoms with van der Waals surface area (Å²) in [5.41, 5.74) is 9.91. The Hall–Kier alpha value is -2.61. The highest BCUT2D eigenvalue weighted by molar-refractivity contribution is 6.12. The summed E-state index contributed by atoms with van der Waals surface area (Å²) in [6.45, 7) is 6.58. The highest BCUT2D eigenvalue weighted by Crippen LogP contribution is 2.31. The summed E-state index contributed by atoms with van der Waals surface area (Å²) in [6.07, 6.45) is 8.81. The van der Waals surface area contributed by atoms with E-state index in [9.17, 15) is 0 Å². The van der Waals surface area contributed by atoms with Gasteiger partial charge in [0, 0.05) is 10.9 Å². The first kappa shape index (κ1) is 14.9. The lowest BCUT2D eigenvalue weighted by Crippen LogP contribution is -1.93. The number of hydrogen-bond donors (Lipinski definition) is 1. The second-order valence-electron chi connectivity index (χ2n) is 6.70. The van der Waals surface area contributed by atoms with Gasteiger partial charge in [-0.1, -0.05) is 36.8 Å². The topological polar surface area (TPSA) is 28.1 Å². The van der Waals surface area contributed by atoms with Crippen molar-refractivity contribution in [2.24, 2.45) is 4.99 Å². The van der Waals surface area contributed by atoms with Gasteiger partial charge in [0.15, 0.2) is 0 Å². The van der Waals surface area contributed by atoms with Crippen molar-refractivity contribution >= 4 is 16.6 Å². The first-order chi connectivity index (χ1) is 11.6. The Morgan fingerprint density at radius 1 is 1.17 bits per heavy atom. The Labute approximate surface area is 143 Å². The summed E-state index contributed by atoms with van der Waals surface area (Å²) < 4.78 is 0. The average Bonchev–Trinajstić information content (AvgIpc) is 3.24. The van der Waals surface area contributed by atoms with Gasteiger partial charge in [0.2, 0.25) is 0 Å². The predicted molar refractivity (Wildman–Crippen MR) is 102 cm³/mol. The molecule has 2 heterocycles. The maximum atomic E-state index is 4.93. The molecule has 0 unspecified atom stereocenters. The molecule has 0 atom stereocenters. The zero-order chi connectivity index (χ0) is 16.7. The zero-order valence-corrected chi connectivity index (χ0v) is 14.5. The summed E-state index contributed by atoms with van der Waals surface area (Å²) in [6, 6.07) is 10.6. The molecule has 2 aromatic rings. The molecule has 2 nitrogen and oxygen atoms in total. The summed E-state index contributed by atoms with van der Waals surface area (Å²) in [7, 11) is 0. The van der Waals surface area contributed by atoms with E-state index in [0.29, 0.717) is 0 Å². The van der Waals surface area contributed by atoms with E-state index in [1.165, 1.54) is 27.7 Å². The molecule has 0 radical (unpaired) electrons. The number of para-hydroxylation sites is 1. The molecule has 1 aliphatic heterocycles. The van der Waals surface area contributed by atoms with Crippen LogP contribution in [0.1, 0.15) is 39.3 Å². The molecule has 4 rings (SSSR count). The molecular formula is C22H22N2. The maximum Gasteiger partial charge on any atom is 0.0875 e. The number of H-pyrrole nitrogens is 1. The van der Waals surface area contributed by atoms with Crippen LogP contribution in [0.15, 0.2) is 81.5 Å². The molecule has 0 fully saturated rings. The average molecular weight is 314 g/mol. The lowest BCUT2D eigenvalue weighted by molar-refractivity contribution is 1.09. The number of rotatable bonds is 3. The molecule has 0 spiro atoms. The summed E-state index contributed by atoms with van der Waals surface area (Å²) in [5, 5.41) is 1.23. The number of benzene rings is 1. The van der Waals surface area contributed by atoms with Crippen LogP contribution in [0.4, 0.5) is 0 Å². The second-order valence-corrected chi connectivity index (χ2v) is 6.70. The fourth-order valence-electron chi connectivity index (χ4n) is 3.51. The Kier molecular flexibility index (Phi) is 3.61. The van der Waals surface area contributed by atoms with Crippen molar-refractivity contribution in [1.82, 2.24) is 4.98 Å². The predicted octanol–water partition coefficient (Wildman–Crippen LogP) is 5.86. The van der Waals surface area contributed by atoms with Gasteiger partial charge in [-0.25, -0.2) is 4.99 Å². The van der Waals surface area contributed by atoms with Gasteiger partial charge < -0.3 is 4.98 Å². The van der Waals surface area contributed by atoms with E-state index >= 15 is 0 Å². The Balaban J connectivity index is 1.73. The standard InChI is InChI=1S/C22H22N2/c1-4-16-11-21(22-12-17-7-5-6-8-19(17)23-22)24-20(16)13-18-10-14(2)9-15(18)3/h5-9,11-13,23H,4,10H2,1-3H3/b20-13-. The maximum absolute atomic E-state index is 4.93. The zero-order valence-electron chi connectivity index (χ0n) is 14.5. The molecule has 0 bridgehead atoms. The third-order valence-electron chi connectivity index (χ3n) is 4.82. The fraction of sp³-hybridized carbons (Fsp3) is 0.227. The number of fused-ring (bicyclic) bond motifs is 1. The van der Waals surface area contributed by atoms with Crippen molar-refractivity contribution in [1.29, 1.82) is 0 Å². The molecule has 0 saturated carbocycles. The minimum absolute atomic E-state index is 0.998. The number of nitrogens with zero attached hydrogens (tertiary/aromatic N) is 1. The van der Waals surface area contributed by atoms with Gasteiger partial charge in [-0.05, 0) is 67.7 Å². The Morgan fingerprint density at radius 2 is 2.00 bits per heavy atom. The molecule has 2 heteroatoms. The number of allylic oxidation sites excluding steroid dienone is 7. The number of aromatic amines is 1. The van der Waals surface area contributed by atoms with Crippen LogP contribution in [0.2, 0.25) is 0 Å². The smallest absolute Gasteiger partial charge is 0.0875 e. The van der Waals surface area contributed by atoms with Crippen molar-refractivity contribution < 1.29 is 0 Å². The molecule has 24 heavy (non-hydrogen) atoms. The van der Waals surface area contributed by atoms with E-state index in [1.807, 2.05) is 0 Å². The van der Waals surface area contributed by atoms with Crippen LogP contribution in [-0.4, -0.2) is 10.7 Å². The summed E-state index contributed by atoms with van der Waals surface area (Å²) >= 11 is 0. The van der Waals surface area contributed by atoms with Gasteiger partial charge in [0.25, 0.3) is 0 Å². The molecule has 1 aromatic heterocycles. The van der Waals surface area contributed by atoms with Gasteiger partial charge in [0.1, 0.15) is 0 Å². The van der Waals surface area contributed by atoms with Crippen molar-refractivity contribution in [3.8, 4) is 0 Å². The SMILES string of the molecule is CCC1=CC(c2cc3ccccc3[nH]2)=N/C1=C\C1=C(C)C=C(C)C1. The minimum Gasteiger partial charge on any atom is -0.353 e. The molecule has 120 valence electrons. The van der Waals surface area contributed by atoms with Crippen LogP contribution >= 0.6 is 0 Å². The van der Waals surface area contributed by atoms with Crippen LogP contribution in [0, 0.1) is 0 Å². The lowest BCUT2D eigenvalue weighted by Gasteiger charge is -2.02. The van der Waals surface area contributed by atoms with E-state index in [4.69, 9.17) is 4.99 Å². The molecule has 2 aliphatic rings. The van der Waals surface area contributed by atoms with Crippen LogP contribution in [-0.2, 0) is 0 Å². The third-order valence-corrected chi connectivity index (χ3v) is 4.82.